The standard InChI is InChI=1S/C15H13N5O2/c16-14(21)12-8-11(15-17-19-20-18-15)6-7-13(12)22-9-10-4-2-1-3-5-10/h1-8H,9H2,(H2,16,21)(H,17,18,19,20). The van der Waals surface area contributed by atoms with Crippen LogP contribution in [0.1, 0.15) is 15.9 Å². The molecule has 0 atom stereocenters. The molecule has 1 aromatic heterocycles. The number of benzene rings is 2. The quantitative estimate of drug-likeness (QED) is 0.742. The lowest BCUT2D eigenvalue weighted by Gasteiger charge is -2.10. The van der Waals surface area contributed by atoms with Crippen molar-refractivity contribution in [3.05, 3.63) is 59.7 Å². The number of rotatable bonds is 5. The van der Waals surface area contributed by atoms with E-state index in [1.54, 1.807) is 18.2 Å². The van der Waals surface area contributed by atoms with Crippen LogP contribution >= 0.6 is 0 Å². The molecule has 0 aliphatic rings. The number of nitrogens with zero attached hydrogens (tertiary/aromatic N) is 3. The van der Waals surface area contributed by atoms with E-state index in [0.29, 0.717) is 23.7 Å². The molecule has 22 heavy (non-hydrogen) atoms. The fourth-order valence-corrected chi connectivity index (χ4v) is 2.01. The maximum absolute atomic E-state index is 11.6. The second-order valence-corrected chi connectivity index (χ2v) is 4.58. The van der Waals surface area contributed by atoms with E-state index >= 15 is 0 Å². The highest BCUT2D eigenvalue weighted by Crippen LogP contribution is 2.25. The number of aromatic nitrogens is 4. The molecular formula is C15H13N5O2. The van der Waals surface area contributed by atoms with Crippen LogP contribution in [0.5, 0.6) is 5.75 Å². The predicted octanol–water partition coefficient (Wildman–Crippen LogP) is 1.54. The Morgan fingerprint density at radius 3 is 2.68 bits per heavy atom. The van der Waals surface area contributed by atoms with Gasteiger partial charge in [0.2, 0.25) is 5.82 Å². The molecule has 1 amide bonds. The monoisotopic (exact) mass is 295 g/mol. The fraction of sp³-hybridized carbons (Fsp3) is 0.0667. The van der Waals surface area contributed by atoms with Crippen LogP contribution in [-0.2, 0) is 6.61 Å². The normalized spacial score (nSPS) is 10.4. The zero-order valence-electron chi connectivity index (χ0n) is 11.6. The van der Waals surface area contributed by atoms with Gasteiger partial charge < -0.3 is 10.5 Å². The SMILES string of the molecule is NC(=O)c1cc(-c2nn[nH]n2)ccc1OCc1ccccc1. The van der Waals surface area contributed by atoms with Crippen LogP contribution in [0.3, 0.4) is 0 Å². The van der Waals surface area contributed by atoms with Crippen molar-refractivity contribution in [1.82, 2.24) is 20.6 Å². The van der Waals surface area contributed by atoms with Gasteiger partial charge in [-0.05, 0) is 29.0 Å². The number of carbonyl (C=O) groups is 1. The molecule has 3 N–H and O–H groups in total. The maximum Gasteiger partial charge on any atom is 0.252 e. The molecule has 2 aromatic carbocycles. The van der Waals surface area contributed by atoms with E-state index in [4.69, 9.17) is 10.5 Å². The molecule has 0 bridgehead atoms. The van der Waals surface area contributed by atoms with Gasteiger partial charge in [-0.25, -0.2) is 0 Å². The van der Waals surface area contributed by atoms with Crippen LogP contribution < -0.4 is 10.5 Å². The molecule has 0 saturated heterocycles. The lowest BCUT2D eigenvalue weighted by molar-refractivity contribution is 0.0996. The average Bonchev–Trinajstić information content (AvgIpc) is 3.08. The number of ether oxygens (including phenoxy) is 1. The summed E-state index contributed by atoms with van der Waals surface area (Å²) in [5.74, 6) is 0.231. The molecular weight excluding hydrogens is 282 g/mol. The van der Waals surface area contributed by atoms with Gasteiger partial charge in [0.25, 0.3) is 5.91 Å². The third-order valence-corrected chi connectivity index (χ3v) is 3.09. The first kappa shape index (κ1) is 13.7. The van der Waals surface area contributed by atoms with E-state index < -0.39 is 5.91 Å². The van der Waals surface area contributed by atoms with Crippen LogP contribution in [0.25, 0.3) is 11.4 Å². The second-order valence-electron chi connectivity index (χ2n) is 4.58. The molecule has 3 aromatic rings. The Hall–Kier alpha value is -3.22. The van der Waals surface area contributed by atoms with Crippen LogP contribution in [0.4, 0.5) is 0 Å². The minimum Gasteiger partial charge on any atom is -0.488 e. The van der Waals surface area contributed by atoms with Crippen molar-refractivity contribution in [2.24, 2.45) is 5.73 Å². The average molecular weight is 295 g/mol. The van der Waals surface area contributed by atoms with Crippen molar-refractivity contribution >= 4 is 5.91 Å². The molecule has 7 nitrogen and oxygen atoms in total. The molecule has 1 heterocycles. The van der Waals surface area contributed by atoms with Crippen molar-refractivity contribution in [1.29, 1.82) is 0 Å². The number of aromatic amines is 1. The zero-order valence-corrected chi connectivity index (χ0v) is 11.6. The smallest absolute Gasteiger partial charge is 0.252 e. The van der Waals surface area contributed by atoms with Gasteiger partial charge in [0.15, 0.2) is 0 Å². The summed E-state index contributed by atoms with van der Waals surface area (Å²) in [5.41, 5.74) is 7.33. The largest absolute Gasteiger partial charge is 0.488 e. The highest BCUT2D eigenvalue weighted by molar-refractivity contribution is 5.96. The fourth-order valence-electron chi connectivity index (χ4n) is 2.01. The number of hydrogen-bond donors (Lipinski definition) is 2. The molecule has 0 fully saturated rings. The first-order valence-electron chi connectivity index (χ1n) is 6.58. The van der Waals surface area contributed by atoms with Crippen LogP contribution in [0.15, 0.2) is 48.5 Å². The number of hydrogen-bond acceptors (Lipinski definition) is 5. The molecule has 0 radical (unpaired) electrons. The van der Waals surface area contributed by atoms with Crippen molar-refractivity contribution < 1.29 is 9.53 Å². The number of nitrogens with one attached hydrogen (secondary N) is 1. The Kier molecular flexibility index (Phi) is 3.78. The van der Waals surface area contributed by atoms with E-state index in [1.807, 2.05) is 30.3 Å². The molecule has 0 aliphatic heterocycles. The maximum atomic E-state index is 11.6. The van der Waals surface area contributed by atoms with Gasteiger partial charge in [0.05, 0.1) is 5.56 Å². The summed E-state index contributed by atoms with van der Waals surface area (Å²) in [4.78, 5) is 11.6. The molecule has 0 aliphatic carbocycles. The third kappa shape index (κ3) is 2.93. The summed E-state index contributed by atoms with van der Waals surface area (Å²) < 4.78 is 5.69. The van der Waals surface area contributed by atoms with Crippen molar-refractivity contribution in [3.8, 4) is 17.1 Å². The van der Waals surface area contributed by atoms with Gasteiger partial charge >= 0.3 is 0 Å². The molecule has 0 unspecified atom stereocenters. The van der Waals surface area contributed by atoms with Crippen LogP contribution in [0.2, 0.25) is 0 Å². The van der Waals surface area contributed by atoms with Gasteiger partial charge in [0.1, 0.15) is 12.4 Å². The second kappa shape index (κ2) is 6.04. The lowest BCUT2D eigenvalue weighted by Crippen LogP contribution is -2.13. The van der Waals surface area contributed by atoms with E-state index in [-0.39, 0.29) is 5.56 Å². The van der Waals surface area contributed by atoms with E-state index in [2.05, 4.69) is 20.6 Å². The number of amides is 1. The summed E-state index contributed by atoms with van der Waals surface area (Å²) in [7, 11) is 0. The van der Waals surface area contributed by atoms with Gasteiger partial charge in [0, 0.05) is 5.56 Å². The van der Waals surface area contributed by atoms with E-state index in [9.17, 15) is 4.79 Å². The predicted molar refractivity (Wildman–Crippen MR) is 78.9 cm³/mol. The Balaban J connectivity index is 1.86. The van der Waals surface area contributed by atoms with Gasteiger partial charge in [-0.3, -0.25) is 4.79 Å². The highest BCUT2D eigenvalue weighted by atomic mass is 16.5. The van der Waals surface area contributed by atoms with Crippen LogP contribution in [-0.4, -0.2) is 26.5 Å². The molecule has 0 spiro atoms. The van der Waals surface area contributed by atoms with Crippen molar-refractivity contribution in [2.45, 2.75) is 6.61 Å². The topological polar surface area (TPSA) is 107 Å². The Bertz CT molecular complexity index is 772. The number of primary amides is 1. The minimum atomic E-state index is -0.576. The summed E-state index contributed by atoms with van der Waals surface area (Å²) in [6, 6.07) is 14.7. The summed E-state index contributed by atoms with van der Waals surface area (Å²) in [6.45, 7) is 0.350. The third-order valence-electron chi connectivity index (χ3n) is 3.09. The first-order valence-corrected chi connectivity index (χ1v) is 6.58. The Labute approximate surface area is 126 Å². The number of tetrazole rings is 1. The lowest BCUT2D eigenvalue weighted by atomic mass is 10.1. The number of H-pyrrole nitrogens is 1. The molecule has 0 saturated carbocycles. The highest BCUT2D eigenvalue weighted by Gasteiger charge is 2.13. The number of nitrogens with two attached hydrogens (primary N) is 1. The summed E-state index contributed by atoms with van der Waals surface area (Å²) in [6.07, 6.45) is 0. The molecule has 3 rings (SSSR count). The van der Waals surface area contributed by atoms with E-state index in [1.165, 1.54) is 0 Å². The van der Waals surface area contributed by atoms with Gasteiger partial charge in [-0.15, -0.1) is 10.2 Å². The summed E-state index contributed by atoms with van der Waals surface area (Å²) in [5, 5.41) is 13.6. The van der Waals surface area contributed by atoms with Gasteiger partial charge in [-0.1, -0.05) is 30.3 Å². The minimum absolute atomic E-state index is 0.276. The molecule has 7 heteroatoms. The van der Waals surface area contributed by atoms with Gasteiger partial charge in [-0.2, -0.15) is 5.21 Å². The molecule has 110 valence electrons. The number of carbonyl (C=O) groups excluding carboxylic acids is 1. The first-order chi connectivity index (χ1) is 10.7. The Morgan fingerprint density at radius 1 is 1.18 bits per heavy atom. The zero-order chi connectivity index (χ0) is 15.4. The van der Waals surface area contributed by atoms with Crippen molar-refractivity contribution in [2.75, 3.05) is 0 Å². The van der Waals surface area contributed by atoms with Crippen LogP contribution in [0, 0.1) is 0 Å². The Morgan fingerprint density at radius 2 is 2.00 bits per heavy atom. The van der Waals surface area contributed by atoms with E-state index in [0.717, 1.165) is 5.56 Å². The van der Waals surface area contributed by atoms with Crippen molar-refractivity contribution in [3.63, 3.8) is 0 Å². The summed E-state index contributed by atoms with van der Waals surface area (Å²) >= 11 is 0.